The molecule has 0 atom stereocenters. The number of nitrogens with two attached hydrogens (primary N) is 1. The zero-order valence-corrected chi connectivity index (χ0v) is 12.0. The van der Waals surface area contributed by atoms with Crippen LogP contribution < -0.4 is 10.0 Å². The van der Waals surface area contributed by atoms with Gasteiger partial charge in [0.25, 0.3) is 10.0 Å². The summed E-state index contributed by atoms with van der Waals surface area (Å²) in [7, 11) is -3.62. The summed E-state index contributed by atoms with van der Waals surface area (Å²) < 4.78 is 26.7. The topological polar surface area (TPSA) is 76.3 Å². The molecule has 0 aliphatic carbocycles. The molecule has 0 amide bonds. The summed E-state index contributed by atoms with van der Waals surface area (Å²) in [6.07, 6.45) is 3.60. The minimum Gasteiger partial charge on any atom is -0.399 e. The molecule has 2 aromatic rings. The molecular weight excluding hydrogens is 274 g/mol. The first kappa shape index (κ1) is 14.3. The van der Waals surface area contributed by atoms with Crippen molar-refractivity contribution in [2.24, 2.45) is 0 Å². The summed E-state index contributed by atoms with van der Waals surface area (Å²) in [5.41, 5.74) is 6.84. The summed E-state index contributed by atoms with van der Waals surface area (Å²) in [5.74, 6) is 0. The second kappa shape index (κ2) is 5.92. The van der Waals surface area contributed by atoms with Gasteiger partial charge in [-0.25, -0.2) is 8.42 Å². The SMILES string of the molecule is CCCN(c1cccc(N)c1)S(=O)(=O)c1cccnc1. The van der Waals surface area contributed by atoms with Gasteiger partial charge in [0.15, 0.2) is 0 Å². The third kappa shape index (κ3) is 2.91. The van der Waals surface area contributed by atoms with E-state index >= 15 is 0 Å². The number of anilines is 2. The van der Waals surface area contributed by atoms with Gasteiger partial charge in [0.05, 0.1) is 5.69 Å². The predicted octanol–water partition coefficient (Wildman–Crippen LogP) is 2.27. The van der Waals surface area contributed by atoms with Crippen molar-refractivity contribution >= 4 is 21.4 Å². The number of sulfonamides is 1. The predicted molar refractivity (Wildman–Crippen MR) is 79.9 cm³/mol. The van der Waals surface area contributed by atoms with Crippen LogP contribution in [-0.2, 0) is 10.0 Å². The molecular formula is C14H17N3O2S. The molecule has 0 bridgehead atoms. The van der Waals surface area contributed by atoms with Crippen molar-refractivity contribution < 1.29 is 8.42 Å². The first-order valence-electron chi connectivity index (χ1n) is 6.34. The number of aromatic nitrogens is 1. The van der Waals surface area contributed by atoms with Gasteiger partial charge in [0, 0.05) is 24.6 Å². The highest BCUT2D eigenvalue weighted by Crippen LogP contribution is 2.25. The average Bonchev–Trinajstić information content (AvgIpc) is 2.45. The Bertz CT molecular complexity index is 672. The molecule has 20 heavy (non-hydrogen) atoms. The van der Waals surface area contributed by atoms with Crippen LogP contribution in [0.5, 0.6) is 0 Å². The molecule has 2 rings (SSSR count). The van der Waals surface area contributed by atoms with Gasteiger partial charge in [-0.3, -0.25) is 9.29 Å². The third-order valence-corrected chi connectivity index (χ3v) is 4.62. The lowest BCUT2D eigenvalue weighted by atomic mass is 10.3. The highest BCUT2D eigenvalue weighted by atomic mass is 32.2. The van der Waals surface area contributed by atoms with Crippen LogP contribution in [0.2, 0.25) is 0 Å². The number of nitrogens with zero attached hydrogens (tertiary/aromatic N) is 2. The first-order valence-corrected chi connectivity index (χ1v) is 7.78. The molecule has 1 aromatic carbocycles. The maximum atomic E-state index is 12.7. The second-order valence-electron chi connectivity index (χ2n) is 4.36. The van der Waals surface area contributed by atoms with Crippen LogP contribution in [0, 0.1) is 0 Å². The lowest BCUT2D eigenvalue weighted by molar-refractivity contribution is 0.589. The molecule has 1 heterocycles. The van der Waals surface area contributed by atoms with Crippen molar-refractivity contribution in [3.63, 3.8) is 0 Å². The number of pyridine rings is 1. The molecule has 5 nitrogen and oxygen atoms in total. The molecule has 0 aliphatic heterocycles. The van der Waals surface area contributed by atoms with Gasteiger partial charge in [0.2, 0.25) is 0 Å². The zero-order chi connectivity index (χ0) is 14.6. The molecule has 6 heteroatoms. The van der Waals surface area contributed by atoms with Gasteiger partial charge >= 0.3 is 0 Å². The Morgan fingerprint density at radius 3 is 2.65 bits per heavy atom. The normalized spacial score (nSPS) is 11.2. The number of hydrogen-bond acceptors (Lipinski definition) is 4. The fourth-order valence-electron chi connectivity index (χ4n) is 1.90. The lowest BCUT2D eigenvalue weighted by Gasteiger charge is -2.24. The zero-order valence-electron chi connectivity index (χ0n) is 11.2. The summed E-state index contributed by atoms with van der Waals surface area (Å²) in [6, 6.07) is 10.0. The van der Waals surface area contributed by atoms with Crippen LogP contribution in [0.1, 0.15) is 13.3 Å². The van der Waals surface area contributed by atoms with E-state index in [2.05, 4.69) is 4.98 Å². The number of hydrogen-bond donors (Lipinski definition) is 1. The van der Waals surface area contributed by atoms with Gasteiger partial charge in [-0.15, -0.1) is 0 Å². The standard InChI is InChI=1S/C14H17N3O2S/c1-2-9-17(13-6-3-5-12(15)10-13)20(18,19)14-7-4-8-16-11-14/h3-8,10-11H,2,9,15H2,1H3. The fraction of sp³-hybridized carbons (Fsp3) is 0.214. The number of rotatable bonds is 5. The molecule has 0 fully saturated rings. The second-order valence-corrected chi connectivity index (χ2v) is 6.22. The molecule has 0 unspecified atom stereocenters. The van der Waals surface area contributed by atoms with Crippen LogP contribution in [0.15, 0.2) is 53.7 Å². The summed E-state index contributed by atoms with van der Waals surface area (Å²) in [5, 5.41) is 0. The van der Waals surface area contributed by atoms with E-state index in [9.17, 15) is 8.42 Å². The minimum absolute atomic E-state index is 0.177. The van der Waals surface area contributed by atoms with Gasteiger partial charge in [0.1, 0.15) is 4.90 Å². The molecule has 0 spiro atoms. The summed E-state index contributed by atoms with van der Waals surface area (Å²) in [6.45, 7) is 2.32. The van der Waals surface area contributed by atoms with E-state index in [0.29, 0.717) is 24.3 Å². The van der Waals surface area contributed by atoms with Crippen LogP contribution in [0.25, 0.3) is 0 Å². The Balaban J connectivity index is 2.48. The Labute approximate surface area is 119 Å². The van der Waals surface area contributed by atoms with E-state index in [1.807, 2.05) is 6.92 Å². The smallest absolute Gasteiger partial charge is 0.265 e. The van der Waals surface area contributed by atoms with Crippen LogP contribution >= 0.6 is 0 Å². The average molecular weight is 291 g/mol. The first-order chi connectivity index (χ1) is 9.55. The molecule has 106 valence electrons. The van der Waals surface area contributed by atoms with Gasteiger partial charge in [-0.2, -0.15) is 0 Å². The summed E-state index contributed by atoms with van der Waals surface area (Å²) in [4.78, 5) is 4.05. The van der Waals surface area contributed by atoms with Gasteiger partial charge in [-0.1, -0.05) is 13.0 Å². The van der Waals surface area contributed by atoms with Gasteiger partial charge < -0.3 is 5.73 Å². The molecule has 1 aromatic heterocycles. The van der Waals surface area contributed by atoms with Crippen molar-refractivity contribution in [3.8, 4) is 0 Å². The van der Waals surface area contributed by atoms with E-state index in [0.717, 1.165) is 0 Å². The quantitative estimate of drug-likeness (QED) is 0.857. The molecule has 0 saturated carbocycles. The Morgan fingerprint density at radius 1 is 1.25 bits per heavy atom. The Kier molecular flexibility index (Phi) is 4.24. The van der Waals surface area contributed by atoms with E-state index in [-0.39, 0.29) is 4.90 Å². The van der Waals surface area contributed by atoms with Gasteiger partial charge in [-0.05, 0) is 36.8 Å². The largest absolute Gasteiger partial charge is 0.399 e. The Hall–Kier alpha value is -2.08. The van der Waals surface area contributed by atoms with E-state index < -0.39 is 10.0 Å². The molecule has 0 aliphatic rings. The minimum atomic E-state index is -3.62. The third-order valence-electron chi connectivity index (χ3n) is 2.81. The van der Waals surface area contributed by atoms with Crippen molar-refractivity contribution in [1.29, 1.82) is 0 Å². The fourth-order valence-corrected chi connectivity index (χ4v) is 3.41. The van der Waals surface area contributed by atoms with Crippen LogP contribution in [0.3, 0.4) is 0 Å². The van der Waals surface area contributed by atoms with Crippen molar-refractivity contribution in [2.75, 3.05) is 16.6 Å². The lowest BCUT2D eigenvalue weighted by Crippen LogP contribution is -2.31. The highest BCUT2D eigenvalue weighted by molar-refractivity contribution is 7.92. The molecule has 0 radical (unpaired) electrons. The van der Waals surface area contributed by atoms with E-state index in [1.165, 1.54) is 16.6 Å². The van der Waals surface area contributed by atoms with Crippen molar-refractivity contribution in [3.05, 3.63) is 48.8 Å². The van der Waals surface area contributed by atoms with Crippen LogP contribution in [0.4, 0.5) is 11.4 Å². The number of nitrogen functional groups attached to an aromatic ring is 1. The highest BCUT2D eigenvalue weighted by Gasteiger charge is 2.24. The summed E-state index contributed by atoms with van der Waals surface area (Å²) >= 11 is 0. The van der Waals surface area contributed by atoms with Crippen molar-refractivity contribution in [1.82, 2.24) is 4.98 Å². The maximum Gasteiger partial charge on any atom is 0.265 e. The van der Waals surface area contributed by atoms with Crippen LogP contribution in [-0.4, -0.2) is 19.9 Å². The number of benzene rings is 1. The van der Waals surface area contributed by atoms with E-state index in [1.54, 1.807) is 36.5 Å². The molecule has 0 saturated heterocycles. The van der Waals surface area contributed by atoms with Crippen molar-refractivity contribution in [2.45, 2.75) is 18.2 Å². The molecule has 2 N–H and O–H groups in total. The maximum absolute atomic E-state index is 12.7. The van der Waals surface area contributed by atoms with E-state index in [4.69, 9.17) is 5.73 Å². The monoisotopic (exact) mass is 291 g/mol. The Morgan fingerprint density at radius 2 is 2.05 bits per heavy atom.